The van der Waals surface area contributed by atoms with E-state index in [-0.39, 0.29) is 31.0 Å². The molecule has 5 rings (SSSR count). The Kier molecular flexibility index (Phi) is 9.15. The molecule has 4 heterocycles. The Hall–Kier alpha value is -3.38. The molecule has 0 saturated carbocycles. The molecule has 3 aromatic heterocycles. The molecule has 1 atom stereocenters. The highest BCUT2D eigenvalue weighted by atomic mass is 32.1. The molecule has 1 aliphatic heterocycles. The maximum Gasteiger partial charge on any atom is 0.262 e. The Bertz CT molecular complexity index is 1380. The zero-order chi connectivity index (χ0) is 27.0. The van der Waals surface area contributed by atoms with E-state index in [9.17, 15) is 9.59 Å². The summed E-state index contributed by atoms with van der Waals surface area (Å²) >= 11 is 2.85. The first kappa shape index (κ1) is 27.2. The number of thiazole rings is 1. The average Bonchev–Trinajstić information content (AvgIpc) is 3.75. The van der Waals surface area contributed by atoms with Gasteiger partial charge in [-0.1, -0.05) is 41.9 Å². The third-order valence-corrected chi connectivity index (χ3v) is 8.46. The molecule has 3 N–H and O–H groups in total. The summed E-state index contributed by atoms with van der Waals surface area (Å²) in [6.45, 7) is 2.32. The van der Waals surface area contributed by atoms with Crippen molar-refractivity contribution in [1.29, 1.82) is 0 Å². The zero-order valence-electron chi connectivity index (χ0n) is 21.5. The molecule has 39 heavy (non-hydrogen) atoms. The second-order valence-corrected chi connectivity index (χ2v) is 11.1. The minimum absolute atomic E-state index is 0.0274. The van der Waals surface area contributed by atoms with Crippen molar-refractivity contribution in [1.82, 2.24) is 25.7 Å². The first-order valence-electron chi connectivity index (χ1n) is 13.1. The second-order valence-electron chi connectivity index (χ2n) is 9.32. The van der Waals surface area contributed by atoms with Gasteiger partial charge in [0.25, 0.3) is 5.91 Å². The molecule has 9 nitrogen and oxygen atoms in total. The highest BCUT2D eigenvalue weighted by Crippen LogP contribution is 2.34. The van der Waals surface area contributed by atoms with E-state index in [2.05, 4.69) is 20.7 Å². The molecule has 4 aromatic rings. The SMILES string of the molecule is O=C(NCCCN1CCCC[C@H]1C(=O)NCCO)c1sccc1-c1nc(-c2cc(-c3ccccc3)no2)cs1. The molecule has 11 heteroatoms. The number of benzene rings is 1. The summed E-state index contributed by atoms with van der Waals surface area (Å²) in [5.41, 5.74) is 3.20. The maximum absolute atomic E-state index is 13.0. The van der Waals surface area contributed by atoms with Crippen LogP contribution in [0, 0.1) is 0 Å². The number of carbonyl (C=O) groups is 2. The Labute approximate surface area is 234 Å². The van der Waals surface area contributed by atoms with E-state index >= 15 is 0 Å². The maximum atomic E-state index is 13.0. The Morgan fingerprint density at radius 2 is 1.95 bits per heavy atom. The van der Waals surface area contributed by atoms with Gasteiger partial charge in [-0.3, -0.25) is 14.5 Å². The number of thiophene rings is 1. The van der Waals surface area contributed by atoms with E-state index in [1.807, 2.05) is 53.2 Å². The van der Waals surface area contributed by atoms with Crippen LogP contribution in [-0.2, 0) is 4.79 Å². The van der Waals surface area contributed by atoms with Crippen LogP contribution in [-0.4, -0.2) is 70.8 Å². The van der Waals surface area contributed by atoms with Crippen LogP contribution in [0.5, 0.6) is 0 Å². The number of hydrogen-bond acceptors (Lipinski definition) is 9. The number of piperidine rings is 1. The van der Waals surface area contributed by atoms with Crippen molar-refractivity contribution in [3.8, 4) is 33.3 Å². The summed E-state index contributed by atoms with van der Waals surface area (Å²) in [5.74, 6) is 0.428. The van der Waals surface area contributed by atoms with Crippen molar-refractivity contribution < 1.29 is 19.2 Å². The average molecular weight is 566 g/mol. The van der Waals surface area contributed by atoms with Crippen molar-refractivity contribution in [2.75, 3.05) is 32.8 Å². The van der Waals surface area contributed by atoms with Crippen LogP contribution in [0.3, 0.4) is 0 Å². The Morgan fingerprint density at radius 3 is 2.79 bits per heavy atom. The van der Waals surface area contributed by atoms with Gasteiger partial charge in [-0.25, -0.2) is 4.98 Å². The topological polar surface area (TPSA) is 121 Å². The first-order valence-corrected chi connectivity index (χ1v) is 14.9. The fourth-order valence-electron chi connectivity index (χ4n) is 4.72. The van der Waals surface area contributed by atoms with Gasteiger partial charge < -0.3 is 20.3 Å². The molecule has 2 amide bonds. The molecule has 0 bridgehead atoms. The molecule has 0 unspecified atom stereocenters. The summed E-state index contributed by atoms with van der Waals surface area (Å²) in [6, 6.07) is 13.4. The number of likely N-dealkylation sites (tertiary alicyclic amines) is 1. The van der Waals surface area contributed by atoms with Gasteiger partial charge in [0.1, 0.15) is 21.3 Å². The fraction of sp³-hybridized carbons (Fsp3) is 0.357. The second kappa shape index (κ2) is 13.1. The lowest BCUT2D eigenvalue weighted by Gasteiger charge is -2.34. The van der Waals surface area contributed by atoms with Crippen LogP contribution in [0.15, 0.2) is 57.7 Å². The van der Waals surface area contributed by atoms with Crippen LogP contribution >= 0.6 is 22.7 Å². The zero-order valence-corrected chi connectivity index (χ0v) is 23.1. The molecule has 0 spiro atoms. The number of amides is 2. The number of nitrogens with zero attached hydrogens (tertiary/aromatic N) is 3. The minimum atomic E-state index is -0.169. The molecule has 1 saturated heterocycles. The van der Waals surface area contributed by atoms with Gasteiger partial charge in [0.15, 0.2) is 5.76 Å². The van der Waals surface area contributed by atoms with E-state index in [1.54, 1.807) is 0 Å². The fourth-order valence-corrected chi connectivity index (χ4v) is 6.44. The van der Waals surface area contributed by atoms with Crippen LogP contribution < -0.4 is 10.6 Å². The Morgan fingerprint density at radius 1 is 1.08 bits per heavy atom. The number of carbonyl (C=O) groups excluding carboxylic acids is 2. The van der Waals surface area contributed by atoms with Crippen LogP contribution in [0.1, 0.15) is 35.4 Å². The third-order valence-electron chi connectivity index (χ3n) is 6.67. The van der Waals surface area contributed by atoms with Gasteiger partial charge in [-0.15, -0.1) is 22.7 Å². The highest BCUT2D eigenvalue weighted by molar-refractivity contribution is 7.15. The van der Waals surface area contributed by atoms with Gasteiger partial charge >= 0.3 is 0 Å². The van der Waals surface area contributed by atoms with E-state index in [1.165, 1.54) is 22.7 Å². The van der Waals surface area contributed by atoms with Crippen LogP contribution in [0.2, 0.25) is 0 Å². The first-order chi connectivity index (χ1) is 19.1. The third kappa shape index (κ3) is 6.62. The standard InChI is InChI=1S/C28H31N5O4S2/c34-15-12-30-26(35)23-9-4-5-13-33(23)14-6-11-29-27(36)25-20(10-16-38-25)28-31-22(18-39-28)24-17-21(32-37-24)19-7-2-1-3-8-19/h1-3,7-8,10,16-18,23,34H,4-6,9,11-15H2,(H,29,36)(H,30,35)/t23-/m0/s1. The van der Waals surface area contributed by atoms with Crippen molar-refractivity contribution in [3.05, 3.63) is 58.1 Å². The van der Waals surface area contributed by atoms with Gasteiger partial charge in [0.2, 0.25) is 5.91 Å². The lowest BCUT2D eigenvalue weighted by molar-refractivity contribution is -0.127. The van der Waals surface area contributed by atoms with E-state index in [4.69, 9.17) is 14.6 Å². The summed E-state index contributed by atoms with van der Waals surface area (Å²) < 4.78 is 5.55. The van der Waals surface area contributed by atoms with Crippen LogP contribution in [0.25, 0.3) is 33.3 Å². The summed E-state index contributed by atoms with van der Waals surface area (Å²) in [4.78, 5) is 33.0. The van der Waals surface area contributed by atoms with Crippen molar-refractivity contribution in [3.63, 3.8) is 0 Å². The van der Waals surface area contributed by atoms with Gasteiger partial charge in [-0.2, -0.15) is 0 Å². The van der Waals surface area contributed by atoms with Gasteiger partial charge in [-0.05, 0) is 37.3 Å². The summed E-state index contributed by atoms with van der Waals surface area (Å²) in [6.07, 6.45) is 3.65. The molecule has 1 aliphatic rings. The lowest BCUT2D eigenvalue weighted by atomic mass is 10.0. The van der Waals surface area contributed by atoms with Crippen molar-refractivity contribution >= 4 is 34.5 Å². The summed E-state index contributed by atoms with van der Waals surface area (Å²) in [7, 11) is 0. The quantitative estimate of drug-likeness (QED) is 0.232. The molecule has 1 fully saturated rings. The van der Waals surface area contributed by atoms with Gasteiger partial charge in [0, 0.05) is 42.2 Å². The molecule has 0 radical (unpaired) electrons. The number of rotatable bonds is 11. The molecule has 204 valence electrons. The minimum Gasteiger partial charge on any atom is -0.395 e. The lowest BCUT2D eigenvalue weighted by Crippen LogP contribution is -2.50. The van der Waals surface area contributed by atoms with Crippen molar-refractivity contribution in [2.45, 2.75) is 31.7 Å². The van der Waals surface area contributed by atoms with E-state index in [0.29, 0.717) is 22.9 Å². The number of aromatic nitrogens is 2. The number of aliphatic hydroxyl groups excluding tert-OH is 1. The normalized spacial score (nSPS) is 15.8. The molecular formula is C28H31N5O4S2. The highest BCUT2D eigenvalue weighted by Gasteiger charge is 2.28. The molecule has 1 aromatic carbocycles. The predicted octanol–water partition coefficient (Wildman–Crippen LogP) is 4.28. The van der Waals surface area contributed by atoms with E-state index in [0.717, 1.165) is 60.6 Å². The predicted molar refractivity (Wildman–Crippen MR) is 153 cm³/mol. The smallest absolute Gasteiger partial charge is 0.262 e. The molecule has 0 aliphatic carbocycles. The molecular weight excluding hydrogens is 534 g/mol. The number of hydrogen-bond donors (Lipinski definition) is 3. The monoisotopic (exact) mass is 565 g/mol. The van der Waals surface area contributed by atoms with E-state index < -0.39 is 0 Å². The Balaban J connectivity index is 1.17. The number of nitrogens with one attached hydrogen (secondary N) is 2. The van der Waals surface area contributed by atoms with Crippen LogP contribution in [0.4, 0.5) is 0 Å². The largest absolute Gasteiger partial charge is 0.395 e. The number of aliphatic hydroxyl groups is 1. The summed E-state index contributed by atoms with van der Waals surface area (Å²) in [5, 5.41) is 23.5. The van der Waals surface area contributed by atoms with Crippen molar-refractivity contribution in [2.24, 2.45) is 0 Å². The van der Waals surface area contributed by atoms with Gasteiger partial charge in [0.05, 0.1) is 12.6 Å².